The van der Waals surface area contributed by atoms with E-state index in [1.54, 1.807) is 47.6 Å². The van der Waals surface area contributed by atoms with Crippen molar-refractivity contribution in [2.45, 2.75) is 82.4 Å². The van der Waals surface area contributed by atoms with Gasteiger partial charge in [0.15, 0.2) is 0 Å². The number of Topliss-reactive ketones (excluding diaryl/α,β-unsaturated/α-hetero) is 1. The lowest BCUT2D eigenvalue weighted by atomic mass is 9.85. The summed E-state index contributed by atoms with van der Waals surface area (Å²) in [7, 11) is 0. The summed E-state index contributed by atoms with van der Waals surface area (Å²) >= 11 is 12.9. The standard InChI is InChI=1S/C27H40Cl2N4O6/c1-9-11-12-16(19(34)22(36)30-13-10-2)31-21(35)18-17-15(27(17,28)29)14-33(18)23(37)20(25(3,4)5)32-24(38)39-26(6,7)8/h9-10,15-18,20H,1-2,11-14H2,3-8H3,(H,30,36)(H,31,35)(H,32,38)/t15-,16?,17-,18-,20+/m0/s1. The Labute approximate surface area is 240 Å². The summed E-state index contributed by atoms with van der Waals surface area (Å²) in [5.74, 6) is -3.84. The van der Waals surface area contributed by atoms with Crippen molar-refractivity contribution in [2.24, 2.45) is 17.3 Å². The van der Waals surface area contributed by atoms with Crippen LogP contribution < -0.4 is 16.0 Å². The molecule has 2 rings (SSSR count). The van der Waals surface area contributed by atoms with E-state index in [4.69, 9.17) is 27.9 Å². The first-order valence-corrected chi connectivity index (χ1v) is 13.6. The molecule has 0 bridgehead atoms. The average Bonchev–Trinajstić information content (AvgIpc) is 3.14. The van der Waals surface area contributed by atoms with E-state index in [0.29, 0.717) is 6.42 Å². The monoisotopic (exact) mass is 586 g/mol. The minimum absolute atomic E-state index is 0.0845. The molecule has 1 unspecified atom stereocenters. The largest absolute Gasteiger partial charge is 0.444 e. The molecule has 0 aromatic rings. The van der Waals surface area contributed by atoms with Crippen LogP contribution in [0.25, 0.3) is 0 Å². The molecule has 1 saturated heterocycles. The molecule has 1 aliphatic heterocycles. The van der Waals surface area contributed by atoms with Gasteiger partial charge in [-0.25, -0.2) is 4.79 Å². The Kier molecular flexibility index (Phi) is 10.3. The molecule has 12 heteroatoms. The van der Waals surface area contributed by atoms with Crippen molar-refractivity contribution >= 4 is 52.8 Å². The van der Waals surface area contributed by atoms with Crippen LogP contribution in [0.15, 0.2) is 25.3 Å². The second-order valence-corrected chi connectivity index (χ2v) is 13.4. The number of rotatable bonds is 11. The zero-order valence-corrected chi connectivity index (χ0v) is 24.9. The Bertz CT molecular complexity index is 1020. The number of carbonyl (C=O) groups excluding carboxylic acids is 5. The summed E-state index contributed by atoms with van der Waals surface area (Å²) in [5, 5.41) is 7.69. The third-order valence-corrected chi connectivity index (χ3v) is 7.65. The van der Waals surface area contributed by atoms with Gasteiger partial charge in [-0.3, -0.25) is 19.2 Å². The van der Waals surface area contributed by atoms with Gasteiger partial charge in [0.05, 0.1) is 6.04 Å². The summed E-state index contributed by atoms with van der Waals surface area (Å²) in [6.07, 6.45) is 2.70. The van der Waals surface area contributed by atoms with Crippen LogP contribution in [0, 0.1) is 17.3 Å². The number of piperidine rings is 1. The number of ketones is 1. The van der Waals surface area contributed by atoms with E-state index in [-0.39, 0.29) is 25.4 Å². The predicted octanol–water partition coefficient (Wildman–Crippen LogP) is 2.88. The lowest BCUT2D eigenvalue weighted by molar-refractivity contribution is -0.145. The molecule has 2 fully saturated rings. The molecule has 4 amide bonds. The molecule has 0 radical (unpaired) electrons. The number of hydrogen-bond acceptors (Lipinski definition) is 6. The molecule has 5 atom stereocenters. The highest BCUT2D eigenvalue weighted by atomic mass is 35.5. The highest BCUT2D eigenvalue weighted by molar-refractivity contribution is 6.51. The van der Waals surface area contributed by atoms with Gasteiger partial charge in [0.2, 0.25) is 17.6 Å². The molecule has 39 heavy (non-hydrogen) atoms. The summed E-state index contributed by atoms with van der Waals surface area (Å²) < 4.78 is 4.12. The molecule has 0 spiro atoms. The number of ether oxygens (including phenoxy) is 1. The summed E-state index contributed by atoms with van der Waals surface area (Å²) in [4.78, 5) is 66.5. The average molecular weight is 588 g/mol. The van der Waals surface area contributed by atoms with Crippen LogP contribution in [0.5, 0.6) is 0 Å². The molecule has 3 N–H and O–H groups in total. The van der Waals surface area contributed by atoms with E-state index < -0.39 is 69.0 Å². The molecule has 1 heterocycles. The minimum Gasteiger partial charge on any atom is -0.444 e. The smallest absolute Gasteiger partial charge is 0.408 e. The number of carbonyl (C=O) groups is 5. The van der Waals surface area contributed by atoms with Gasteiger partial charge in [0.1, 0.15) is 22.0 Å². The molecular weight excluding hydrogens is 547 g/mol. The SMILES string of the molecule is C=CCCC(NC(=O)[C@@H]1[C@@H]2[C@H](CN1C(=O)[C@@H](NC(=O)OC(C)(C)C)C(C)(C)C)C2(Cl)Cl)C(=O)C(=O)NCC=C. The van der Waals surface area contributed by atoms with Gasteiger partial charge in [-0.1, -0.05) is 32.9 Å². The quantitative estimate of drug-likeness (QED) is 0.193. The normalized spacial score (nSPS) is 23.0. The van der Waals surface area contributed by atoms with Crippen LogP contribution in [0.3, 0.4) is 0 Å². The zero-order chi connectivity index (χ0) is 29.9. The summed E-state index contributed by atoms with van der Waals surface area (Å²) in [6.45, 7) is 17.7. The van der Waals surface area contributed by atoms with Gasteiger partial charge in [0, 0.05) is 24.9 Å². The van der Waals surface area contributed by atoms with Gasteiger partial charge in [0.25, 0.3) is 5.91 Å². The highest BCUT2D eigenvalue weighted by Gasteiger charge is 2.74. The first-order valence-electron chi connectivity index (χ1n) is 12.9. The topological polar surface area (TPSA) is 134 Å². The van der Waals surface area contributed by atoms with E-state index in [1.165, 1.54) is 11.0 Å². The number of hydrogen-bond donors (Lipinski definition) is 3. The predicted molar refractivity (Wildman–Crippen MR) is 149 cm³/mol. The van der Waals surface area contributed by atoms with Crippen molar-refractivity contribution in [2.75, 3.05) is 13.1 Å². The van der Waals surface area contributed by atoms with Crippen molar-refractivity contribution < 1.29 is 28.7 Å². The maximum absolute atomic E-state index is 13.8. The third kappa shape index (κ3) is 7.97. The Morgan fingerprint density at radius 1 is 1.05 bits per heavy atom. The number of likely N-dealkylation sites (tertiary alicyclic amines) is 1. The Morgan fingerprint density at radius 2 is 1.67 bits per heavy atom. The number of alkyl carbamates (subject to hydrolysis) is 1. The van der Waals surface area contributed by atoms with E-state index in [2.05, 4.69) is 29.1 Å². The van der Waals surface area contributed by atoms with Crippen LogP contribution in [0.2, 0.25) is 0 Å². The number of nitrogens with zero attached hydrogens (tertiary/aromatic N) is 1. The molecule has 10 nitrogen and oxygen atoms in total. The number of halogens is 2. The van der Waals surface area contributed by atoms with Crippen LogP contribution >= 0.6 is 23.2 Å². The lowest BCUT2D eigenvalue weighted by Gasteiger charge is -2.37. The van der Waals surface area contributed by atoms with Crippen molar-refractivity contribution in [3.8, 4) is 0 Å². The highest BCUT2D eigenvalue weighted by Crippen LogP contribution is 2.65. The first kappa shape index (κ1) is 32.6. The Balaban J connectivity index is 2.32. The number of alkyl halides is 2. The molecule has 218 valence electrons. The number of nitrogens with one attached hydrogen (secondary N) is 3. The molecule has 0 aromatic heterocycles. The molecule has 2 aliphatic rings. The van der Waals surface area contributed by atoms with Crippen molar-refractivity contribution in [1.29, 1.82) is 0 Å². The van der Waals surface area contributed by atoms with Gasteiger partial charge in [-0.05, 0) is 39.0 Å². The minimum atomic E-state index is -1.23. The fraction of sp³-hybridized carbons (Fsp3) is 0.667. The van der Waals surface area contributed by atoms with Gasteiger partial charge in [-0.15, -0.1) is 36.4 Å². The number of amides is 4. The Hall–Kier alpha value is -2.59. The van der Waals surface area contributed by atoms with Crippen molar-refractivity contribution in [3.05, 3.63) is 25.3 Å². The van der Waals surface area contributed by atoms with Crippen LogP contribution in [-0.4, -0.2) is 75.6 Å². The van der Waals surface area contributed by atoms with Gasteiger partial charge >= 0.3 is 6.09 Å². The van der Waals surface area contributed by atoms with E-state index in [1.807, 2.05) is 0 Å². The Morgan fingerprint density at radius 3 is 2.18 bits per heavy atom. The molecule has 0 aromatic carbocycles. The maximum atomic E-state index is 13.8. The van der Waals surface area contributed by atoms with Gasteiger partial charge in [-0.2, -0.15) is 0 Å². The molecule has 1 aliphatic carbocycles. The molecular formula is C27H40Cl2N4O6. The van der Waals surface area contributed by atoms with Crippen LogP contribution in [0.4, 0.5) is 4.79 Å². The van der Waals surface area contributed by atoms with Gasteiger partial charge < -0.3 is 25.6 Å². The second kappa shape index (κ2) is 12.3. The first-order chi connectivity index (χ1) is 17.9. The maximum Gasteiger partial charge on any atom is 0.408 e. The van der Waals surface area contributed by atoms with E-state index >= 15 is 0 Å². The lowest BCUT2D eigenvalue weighted by Crippen LogP contribution is -2.61. The summed E-state index contributed by atoms with van der Waals surface area (Å²) in [5.41, 5.74) is -1.53. The second-order valence-electron chi connectivity index (χ2n) is 12.0. The molecule has 1 saturated carbocycles. The fourth-order valence-electron chi connectivity index (χ4n) is 4.59. The van der Waals surface area contributed by atoms with Crippen molar-refractivity contribution in [1.82, 2.24) is 20.9 Å². The fourth-order valence-corrected chi connectivity index (χ4v) is 5.42. The van der Waals surface area contributed by atoms with Crippen LogP contribution in [-0.2, 0) is 23.9 Å². The number of allylic oxidation sites excluding steroid dienone is 1. The van der Waals surface area contributed by atoms with Crippen LogP contribution in [0.1, 0.15) is 54.4 Å². The zero-order valence-electron chi connectivity index (χ0n) is 23.4. The third-order valence-electron chi connectivity index (χ3n) is 6.58. The summed E-state index contributed by atoms with van der Waals surface area (Å²) in [6, 6.07) is -3.31. The van der Waals surface area contributed by atoms with E-state index in [9.17, 15) is 24.0 Å². The van der Waals surface area contributed by atoms with E-state index in [0.717, 1.165) is 0 Å². The van der Waals surface area contributed by atoms with Crippen molar-refractivity contribution in [3.63, 3.8) is 0 Å². The number of fused-ring (bicyclic) bond motifs is 1.